The first-order chi connectivity index (χ1) is 14.2. The Morgan fingerprint density at radius 3 is 1.94 bits per heavy atom. The molecule has 0 spiro atoms. The van der Waals surface area contributed by atoms with Crippen molar-refractivity contribution in [2.45, 2.75) is 0 Å². The molecule has 31 heavy (non-hydrogen) atoms. The van der Waals surface area contributed by atoms with Gasteiger partial charge in [-0.05, 0) is 46.8 Å². The van der Waals surface area contributed by atoms with E-state index in [-0.39, 0.29) is 0 Å². The fourth-order valence-electron chi connectivity index (χ4n) is 3.03. The summed E-state index contributed by atoms with van der Waals surface area (Å²) in [4.78, 5) is 0. The van der Waals surface area contributed by atoms with Crippen LogP contribution in [-0.2, 0) is 0 Å². The molecule has 0 fully saturated rings. The van der Waals surface area contributed by atoms with Crippen LogP contribution < -0.4 is 13.9 Å². The third-order valence-electron chi connectivity index (χ3n) is 4.31. The molecule has 0 N–H and O–H groups in total. The zero-order valence-electron chi connectivity index (χ0n) is 16.4. The number of methoxy groups -OCH3 is 2. The normalized spacial score (nSPS) is 13.7. The van der Waals surface area contributed by atoms with Crippen LogP contribution in [0.25, 0.3) is 27.4 Å². The molecule has 0 amide bonds. The number of aromatic nitrogens is 1. The molecule has 0 saturated carbocycles. The average Bonchev–Trinajstić information content (AvgIpc) is 2.69. The molecule has 0 aliphatic heterocycles. The first kappa shape index (κ1) is 22.6. The zero-order chi connectivity index (χ0) is 22.9. The molecule has 166 valence electrons. The Balaban J connectivity index is 0.000000339. The summed E-state index contributed by atoms with van der Waals surface area (Å²) in [5.74, 6) is 1.48. The summed E-state index contributed by atoms with van der Waals surface area (Å²) in [5.41, 5.74) is 3.44. The van der Waals surface area contributed by atoms with Crippen molar-refractivity contribution in [2.75, 3.05) is 14.2 Å². The van der Waals surface area contributed by atoms with Crippen molar-refractivity contribution in [2.24, 2.45) is 0 Å². The molecule has 2 aromatic heterocycles. The fraction of sp³-hybridized carbons (Fsp3) is 0.0952. The molecule has 2 aromatic carbocycles. The Kier molecular flexibility index (Phi) is 5.30. The monoisotopic (exact) mass is 461 g/mol. The van der Waals surface area contributed by atoms with E-state index in [0.717, 1.165) is 22.6 Å². The molecule has 0 atom stereocenters. The van der Waals surface area contributed by atoms with Crippen molar-refractivity contribution >= 4 is 24.1 Å². The summed E-state index contributed by atoms with van der Waals surface area (Å²) in [6.45, 7) is 0. The molecule has 0 aliphatic rings. The molecule has 4 aromatic rings. The summed E-state index contributed by atoms with van der Waals surface area (Å²) in [6.07, 6.45) is 4.22. The SMILES string of the molecule is COc1ccc(-c2ccc3c[n+]4ccccc4cc3c2)cc1OC.F[P-](F)(F)(F)(F)F. The van der Waals surface area contributed by atoms with Crippen molar-refractivity contribution in [3.8, 4) is 22.6 Å². The zero-order valence-corrected chi connectivity index (χ0v) is 17.3. The van der Waals surface area contributed by atoms with Crippen molar-refractivity contribution in [3.63, 3.8) is 0 Å². The van der Waals surface area contributed by atoms with Crippen LogP contribution in [-0.4, -0.2) is 14.2 Å². The first-order valence-electron chi connectivity index (χ1n) is 8.86. The van der Waals surface area contributed by atoms with Gasteiger partial charge in [0.15, 0.2) is 23.9 Å². The van der Waals surface area contributed by atoms with E-state index in [1.165, 1.54) is 16.3 Å². The number of hydrogen-bond donors (Lipinski definition) is 0. The number of ether oxygens (including phenoxy) is 2. The number of benzene rings is 2. The van der Waals surface area contributed by atoms with E-state index < -0.39 is 7.81 Å². The Morgan fingerprint density at radius 1 is 0.677 bits per heavy atom. The van der Waals surface area contributed by atoms with Crippen molar-refractivity contribution in [1.29, 1.82) is 0 Å². The summed E-state index contributed by atoms with van der Waals surface area (Å²) in [7, 11) is -7.35. The van der Waals surface area contributed by atoms with E-state index in [4.69, 9.17) is 9.47 Å². The van der Waals surface area contributed by atoms with E-state index in [9.17, 15) is 25.2 Å². The van der Waals surface area contributed by atoms with Gasteiger partial charge in [0.05, 0.1) is 14.2 Å². The van der Waals surface area contributed by atoms with E-state index in [1.807, 2.05) is 18.2 Å². The minimum absolute atomic E-state index is 0.740. The average molecular weight is 461 g/mol. The summed E-state index contributed by atoms with van der Waals surface area (Å²) in [6, 6.07) is 20.9. The number of hydrogen-bond acceptors (Lipinski definition) is 2. The second kappa shape index (κ2) is 7.27. The van der Waals surface area contributed by atoms with Crippen LogP contribution in [0.15, 0.2) is 73.1 Å². The van der Waals surface area contributed by atoms with Crippen molar-refractivity contribution < 1.29 is 39.1 Å². The van der Waals surface area contributed by atoms with Gasteiger partial charge in [0.25, 0.3) is 0 Å². The molecule has 2 heterocycles. The molecule has 0 radical (unpaired) electrons. The molecule has 10 heteroatoms. The molecule has 0 aliphatic carbocycles. The third kappa shape index (κ3) is 6.72. The number of pyridine rings is 2. The number of rotatable bonds is 3. The third-order valence-corrected chi connectivity index (χ3v) is 4.31. The van der Waals surface area contributed by atoms with E-state index >= 15 is 0 Å². The molecule has 0 bridgehead atoms. The van der Waals surface area contributed by atoms with Crippen LogP contribution in [0.4, 0.5) is 25.2 Å². The molecular formula is C21H18F6NO2P. The summed E-state index contributed by atoms with van der Waals surface area (Å²) >= 11 is 0. The van der Waals surface area contributed by atoms with Gasteiger partial charge in [-0.1, -0.05) is 12.1 Å². The van der Waals surface area contributed by atoms with Gasteiger partial charge in [0, 0.05) is 23.6 Å². The van der Waals surface area contributed by atoms with Gasteiger partial charge in [-0.2, -0.15) is 4.40 Å². The van der Waals surface area contributed by atoms with Gasteiger partial charge in [0.2, 0.25) is 5.52 Å². The van der Waals surface area contributed by atoms with Crippen molar-refractivity contribution in [1.82, 2.24) is 0 Å². The Hall–Kier alpha value is -3.06. The van der Waals surface area contributed by atoms with Crippen LogP contribution >= 0.6 is 7.81 Å². The Bertz CT molecular complexity index is 1250. The van der Waals surface area contributed by atoms with Gasteiger partial charge >= 0.3 is 33.0 Å². The number of nitrogens with zero attached hydrogens (tertiary/aromatic N) is 1. The molecule has 3 nitrogen and oxygen atoms in total. The van der Waals surface area contributed by atoms with Crippen LogP contribution in [0, 0.1) is 0 Å². The Labute approximate surface area is 173 Å². The second-order valence-corrected chi connectivity index (χ2v) is 8.59. The van der Waals surface area contributed by atoms with Crippen LogP contribution in [0.2, 0.25) is 0 Å². The fourth-order valence-corrected chi connectivity index (χ4v) is 3.03. The summed E-state index contributed by atoms with van der Waals surface area (Å²) < 4.78 is 72.1. The predicted octanol–water partition coefficient (Wildman–Crippen LogP) is 7.65. The number of fused-ring (bicyclic) bond motifs is 2. The molecule has 4 rings (SSSR count). The maximum absolute atomic E-state index is 10.7. The van der Waals surface area contributed by atoms with Gasteiger partial charge < -0.3 is 9.47 Å². The standard InChI is InChI=1S/C21H18NO2.F6P/c1-23-20-9-8-16(13-21(20)24-2)15-6-7-17-14-22-10-4-3-5-19(22)12-18(17)11-15;1-7(2,3,4,5)6/h3-14H,1-2H3;/q+1;-1. The van der Waals surface area contributed by atoms with Crippen molar-refractivity contribution in [3.05, 3.63) is 73.1 Å². The predicted molar refractivity (Wildman–Crippen MR) is 109 cm³/mol. The minimum atomic E-state index is -10.7. The van der Waals surface area contributed by atoms with Gasteiger partial charge in [0.1, 0.15) is 0 Å². The molecular weight excluding hydrogens is 443 g/mol. The number of halogens is 6. The topological polar surface area (TPSA) is 22.6 Å². The Morgan fingerprint density at radius 2 is 1.29 bits per heavy atom. The second-order valence-electron chi connectivity index (χ2n) is 6.68. The van der Waals surface area contributed by atoms with Gasteiger partial charge in [-0.3, -0.25) is 0 Å². The van der Waals surface area contributed by atoms with Crippen LogP contribution in [0.5, 0.6) is 11.5 Å². The van der Waals surface area contributed by atoms with E-state index in [2.05, 4.69) is 59.3 Å². The molecule has 0 saturated heterocycles. The van der Waals surface area contributed by atoms with Gasteiger partial charge in [-0.15, -0.1) is 0 Å². The van der Waals surface area contributed by atoms with E-state index in [0.29, 0.717) is 0 Å². The van der Waals surface area contributed by atoms with Crippen LogP contribution in [0.1, 0.15) is 0 Å². The molecule has 0 unspecified atom stereocenters. The summed E-state index contributed by atoms with van der Waals surface area (Å²) in [5, 5.41) is 2.43. The van der Waals surface area contributed by atoms with Crippen LogP contribution in [0.3, 0.4) is 0 Å². The van der Waals surface area contributed by atoms with E-state index in [1.54, 1.807) is 14.2 Å². The quantitative estimate of drug-likeness (QED) is 0.135. The van der Waals surface area contributed by atoms with Gasteiger partial charge in [-0.25, -0.2) is 0 Å². The maximum atomic E-state index is 9.87. The first-order valence-corrected chi connectivity index (χ1v) is 10.9.